The number of allylic oxidation sites excluding steroid dienone is 2. The first-order valence-electron chi connectivity index (χ1n) is 7.04. The second-order valence-corrected chi connectivity index (χ2v) is 5.58. The largest absolute Gasteiger partial charge is 0.373 e. The molecule has 0 bridgehead atoms. The lowest BCUT2D eigenvalue weighted by atomic mass is 9.75. The van der Waals surface area contributed by atoms with Gasteiger partial charge >= 0.3 is 0 Å². The number of methoxy groups -OCH3 is 2. The third kappa shape index (κ3) is 2.71. The first-order valence-corrected chi connectivity index (χ1v) is 7.04. The number of ether oxygens (including phenoxy) is 2. The van der Waals surface area contributed by atoms with Crippen LogP contribution in [0, 0.1) is 5.92 Å². The highest BCUT2D eigenvalue weighted by Gasteiger charge is 2.46. The molecular formula is C18H22O3. The molecule has 3 heteroatoms. The standard InChI is InChI=1S/C18H22O3/c1-17(20-3)13-9-8-12-15(17)16(19)18(2,21-4)14-10-6-5-7-11-14/h5-13,15H,1-4H3. The van der Waals surface area contributed by atoms with Crippen LogP contribution in [0.2, 0.25) is 0 Å². The molecule has 0 aliphatic heterocycles. The van der Waals surface area contributed by atoms with Crippen LogP contribution in [-0.4, -0.2) is 25.6 Å². The number of carbonyl (C=O) groups is 1. The Morgan fingerprint density at radius 2 is 1.86 bits per heavy atom. The number of rotatable bonds is 5. The van der Waals surface area contributed by atoms with Crippen LogP contribution >= 0.6 is 0 Å². The van der Waals surface area contributed by atoms with Crippen LogP contribution in [-0.2, 0) is 19.9 Å². The van der Waals surface area contributed by atoms with E-state index in [1.54, 1.807) is 14.2 Å². The molecule has 0 saturated heterocycles. The van der Waals surface area contributed by atoms with Crippen LogP contribution in [0.4, 0.5) is 0 Å². The van der Waals surface area contributed by atoms with Crippen molar-refractivity contribution in [1.29, 1.82) is 0 Å². The molecule has 3 atom stereocenters. The van der Waals surface area contributed by atoms with Crippen molar-refractivity contribution >= 4 is 5.78 Å². The van der Waals surface area contributed by atoms with Gasteiger partial charge in [0, 0.05) is 14.2 Å². The lowest BCUT2D eigenvalue weighted by molar-refractivity contribution is -0.149. The Balaban J connectivity index is 2.41. The number of ketones is 1. The molecule has 1 aromatic rings. The van der Waals surface area contributed by atoms with Crippen LogP contribution in [0.25, 0.3) is 0 Å². The molecule has 1 aromatic carbocycles. The van der Waals surface area contributed by atoms with Crippen molar-refractivity contribution in [2.24, 2.45) is 5.92 Å². The predicted molar refractivity (Wildman–Crippen MR) is 83.0 cm³/mol. The minimum atomic E-state index is -0.999. The van der Waals surface area contributed by atoms with Crippen LogP contribution in [0.15, 0.2) is 54.6 Å². The van der Waals surface area contributed by atoms with E-state index < -0.39 is 17.1 Å². The Bertz CT molecular complexity index is 561. The molecule has 0 N–H and O–H groups in total. The monoisotopic (exact) mass is 286 g/mol. The summed E-state index contributed by atoms with van der Waals surface area (Å²) in [7, 11) is 3.19. The van der Waals surface area contributed by atoms with Gasteiger partial charge in [0.05, 0.1) is 11.5 Å². The number of Topliss-reactive ketones (excluding diaryl/α,β-unsaturated/α-hetero) is 1. The van der Waals surface area contributed by atoms with Gasteiger partial charge in [-0.2, -0.15) is 0 Å². The van der Waals surface area contributed by atoms with Crippen molar-refractivity contribution in [3.63, 3.8) is 0 Å². The van der Waals surface area contributed by atoms with E-state index in [0.717, 1.165) is 5.56 Å². The van der Waals surface area contributed by atoms with Crippen molar-refractivity contribution < 1.29 is 14.3 Å². The topological polar surface area (TPSA) is 35.5 Å². The molecule has 0 fully saturated rings. The van der Waals surface area contributed by atoms with Crippen molar-refractivity contribution in [1.82, 2.24) is 0 Å². The molecule has 112 valence electrons. The Hall–Kier alpha value is -1.71. The Morgan fingerprint density at radius 1 is 1.19 bits per heavy atom. The van der Waals surface area contributed by atoms with Gasteiger partial charge in [0.1, 0.15) is 5.60 Å². The maximum absolute atomic E-state index is 13.1. The van der Waals surface area contributed by atoms with Gasteiger partial charge in [0.15, 0.2) is 5.78 Å². The molecule has 0 saturated carbocycles. The number of carbonyl (C=O) groups excluding carboxylic acids is 1. The van der Waals surface area contributed by atoms with Gasteiger partial charge < -0.3 is 9.47 Å². The van der Waals surface area contributed by atoms with Gasteiger partial charge in [-0.05, 0) is 19.4 Å². The fourth-order valence-corrected chi connectivity index (χ4v) is 2.67. The van der Waals surface area contributed by atoms with Gasteiger partial charge in [-0.3, -0.25) is 4.79 Å². The molecule has 0 amide bonds. The van der Waals surface area contributed by atoms with E-state index in [1.165, 1.54) is 0 Å². The smallest absolute Gasteiger partial charge is 0.178 e. The van der Waals surface area contributed by atoms with E-state index in [0.29, 0.717) is 0 Å². The SMILES string of the molecule is COC(C)(C(=O)C1C=CC=CC1(C)OC)c1ccccc1. The Labute approximate surface area is 126 Å². The Kier molecular flexibility index (Phi) is 4.45. The maximum atomic E-state index is 13.1. The Morgan fingerprint density at radius 3 is 2.43 bits per heavy atom. The quantitative estimate of drug-likeness (QED) is 0.833. The molecular weight excluding hydrogens is 264 g/mol. The van der Waals surface area contributed by atoms with E-state index in [-0.39, 0.29) is 5.78 Å². The molecule has 0 spiro atoms. The molecule has 1 aliphatic carbocycles. The number of benzene rings is 1. The first kappa shape index (κ1) is 15.7. The number of hydrogen-bond acceptors (Lipinski definition) is 3. The normalized spacial score (nSPS) is 27.3. The summed E-state index contributed by atoms with van der Waals surface area (Å²) in [6, 6.07) is 9.56. The van der Waals surface area contributed by atoms with Crippen molar-refractivity contribution in [3.05, 3.63) is 60.2 Å². The summed E-state index contributed by atoms with van der Waals surface area (Å²) in [6.07, 6.45) is 7.58. The fraction of sp³-hybridized carbons (Fsp3) is 0.389. The summed E-state index contributed by atoms with van der Waals surface area (Å²) >= 11 is 0. The second kappa shape index (κ2) is 5.96. The third-order valence-corrected chi connectivity index (χ3v) is 4.38. The van der Waals surface area contributed by atoms with Gasteiger partial charge in [-0.15, -0.1) is 0 Å². The lowest BCUT2D eigenvalue weighted by Gasteiger charge is -2.38. The molecule has 21 heavy (non-hydrogen) atoms. The lowest BCUT2D eigenvalue weighted by Crippen LogP contribution is -2.48. The molecule has 0 aromatic heterocycles. The third-order valence-electron chi connectivity index (χ3n) is 4.38. The summed E-state index contributed by atoms with van der Waals surface area (Å²) in [4.78, 5) is 13.1. The first-order chi connectivity index (χ1) is 9.98. The highest BCUT2D eigenvalue weighted by Crippen LogP contribution is 2.36. The zero-order valence-corrected chi connectivity index (χ0v) is 13.0. The molecule has 0 heterocycles. The molecule has 2 rings (SSSR count). The summed E-state index contributed by atoms with van der Waals surface area (Å²) in [6.45, 7) is 3.73. The molecule has 3 unspecified atom stereocenters. The van der Waals surface area contributed by atoms with E-state index in [1.807, 2.05) is 68.5 Å². The van der Waals surface area contributed by atoms with Crippen molar-refractivity contribution in [3.8, 4) is 0 Å². The summed E-state index contributed by atoms with van der Waals surface area (Å²) in [5.74, 6) is -0.404. The van der Waals surface area contributed by atoms with Crippen LogP contribution < -0.4 is 0 Å². The molecule has 0 radical (unpaired) electrons. The summed E-state index contributed by atoms with van der Waals surface area (Å²) in [5, 5.41) is 0. The molecule has 1 aliphatic rings. The van der Waals surface area contributed by atoms with E-state index in [2.05, 4.69) is 0 Å². The minimum Gasteiger partial charge on any atom is -0.373 e. The van der Waals surface area contributed by atoms with Crippen molar-refractivity contribution in [2.75, 3.05) is 14.2 Å². The van der Waals surface area contributed by atoms with E-state index in [4.69, 9.17) is 9.47 Å². The number of hydrogen-bond donors (Lipinski definition) is 0. The van der Waals surface area contributed by atoms with Gasteiger partial charge in [-0.1, -0.05) is 54.6 Å². The van der Waals surface area contributed by atoms with Crippen LogP contribution in [0.5, 0.6) is 0 Å². The van der Waals surface area contributed by atoms with Crippen LogP contribution in [0.1, 0.15) is 19.4 Å². The zero-order chi connectivity index (χ0) is 15.5. The van der Waals surface area contributed by atoms with Gasteiger partial charge in [0.2, 0.25) is 0 Å². The van der Waals surface area contributed by atoms with E-state index >= 15 is 0 Å². The second-order valence-electron chi connectivity index (χ2n) is 5.58. The van der Waals surface area contributed by atoms with E-state index in [9.17, 15) is 4.79 Å². The predicted octanol–water partition coefficient (Wildman–Crippen LogP) is 3.26. The fourth-order valence-electron chi connectivity index (χ4n) is 2.67. The minimum absolute atomic E-state index is 0.0128. The van der Waals surface area contributed by atoms with Gasteiger partial charge in [0.25, 0.3) is 0 Å². The van der Waals surface area contributed by atoms with Gasteiger partial charge in [-0.25, -0.2) is 0 Å². The average Bonchev–Trinajstić information content (AvgIpc) is 2.54. The molecule has 3 nitrogen and oxygen atoms in total. The maximum Gasteiger partial charge on any atom is 0.178 e. The van der Waals surface area contributed by atoms with Crippen LogP contribution in [0.3, 0.4) is 0 Å². The summed E-state index contributed by atoms with van der Waals surface area (Å²) < 4.78 is 11.2. The highest BCUT2D eigenvalue weighted by molar-refractivity contribution is 5.93. The zero-order valence-electron chi connectivity index (χ0n) is 13.0. The average molecular weight is 286 g/mol. The summed E-state index contributed by atoms with van der Waals surface area (Å²) in [5.41, 5.74) is -0.805. The highest BCUT2D eigenvalue weighted by atomic mass is 16.5. The van der Waals surface area contributed by atoms with Crippen molar-refractivity contribution in [2.45, 2.75) is 25.0 Å².